The zero-order valence-corrected chi connectivity index (χ0v) is 6.79. The first-order valence-corrected chi connectivity index (χ1v) is 3.88. The third kappa shape index (κ3) is 1.31. The molecule has 0 bridgehead atoms. The van der Waals surface area contributed by atoms with Gasteiger partial charge in [0.05, 0.1) is 11.9 Å². The highest BCUT2D eigenvalue weighted by atomic mass is 16.3. The summed E-state index contributed by atoms with van der Waals surface area (Å²) in [7, 11) is 0. The van der Waals surface area contributed by atoms with Crippen molar-refractivity contribution in [2.24, 2.45) is 0 Å². The van der Waals surface area contributed by atoms with Gasteiger partial charge in [-0.3, -0.25) is 14.7 Å². The van der Waals surface area contributed by atoms with Gasteiger partial charge in [0.2, 0.25) is 0 Å². The highest BCUT2D eigenvalue weighted by Gasteiger charge is 2.24. The number of aliphatic hydroxyl groups excluding tert-OH is 1. The first-order chi connectivity index (χ1) is 6.29. The van der Waals surface area contributed by atoms with E-state index < -0.39 is 6.23 Å². The van der Waals surface area contributed by atoms with Gasteiger partial charge >= 0.3 is 0 Å². The van der Waals surface area contributed by atoms with Crippen molar-refractivity contribution in [2.75, 3.05) is 4.90 Å². The van der Waals surface area contributed by atoms with Crippen LogP contribution in [0.25, 0.3) is 0 Å². The van der Waals surface area contributed by atoms with Crippen LogP contribution in [-0.4, -0.2) is 22.2 Å². The lowest BCUT2D eigenvalue weighted by Gasteiger charge is -2.19. The monoisotopic (exact) mass is 176 g/mol. The summed E-state index contributed by atoms with van der Waals surface area (Å²) < 4.78 is 0. The number of hydrogen-bond donors (Lipinski definition) is 1. The largest absolute Gasteiger partial charge is 0.369 e. The minimum absolute atomic E-state index is 0.222. The fourth-order valence-electron chi connectivity index (χ4n) is 1.24. The Morgan fingerprint density at radius 1 is 1.54 bits per heavy atom. The molecule has 66 valence electrons. The van der Waals surface area contributed by atoms with Gasteiger partial charge in [-0.1, -0.05) is 0 Å². The van der Waals surface area contributed by atoms with Crippen LogP contribution in [0, 0.1) is 0 Å². The van der Waals surface area contributed by atoms with Crippen LogP contribution in [0.15, 0.2) is 36.7 Å². The summed E-state index contributed by atoms with van der Waals surface area (Å²) in [4.78, 5) is 16.4. The van der Waals surface area contributed by atoms with Crippen molar-refractivity contribution in [1.29, 1.82) is 0 Å². The number of pyridine rings is 1. The number of anilines is 1. The van der Waals surface area contributed by atoms with Gasteiger partial charge in [0, 0.05) is 12.3 Å². The van der Waals surface area contributed by atoms with Crippen molar-refractivity contribution in [3.63, 3.8) is 0 Å². The van der Waals surface area contributed by atoms with E-state index in [2.05, 4.69) is 4.98 Å². The van der Waals surface area contributed by atoms with E-state index in [4.69, 9.17) is 0 Å². The molecule has 1 atom stereocenters. The van der Waals surface area contributed by atoms with Crippen molar-refractivity contribution >= 4 is 11.6 Å². The first-order valence-electron chi connectivity index (χ1n) is 3.88. The van der Waals surface area contributed by atoms with Crippen molar-refractivity contribution in [2.45, 2.75) is 6.23 Å². The molecule has 1 amide bonds. The Morgan fingerprint density at radius 3 is 2.92 bits per heavy atom. The average Bonchev–Trinajstić information content (AvgIpc) is 2.48. The summed E-state index contributed by atoms with van der Waals surface area (Å²) in [5, 5.41) is 9.40. The number of rotatable bonds is 1. The van der Waals surface area contributed by atoms with Gasteiger partial charge < -0.3 is 5.11 Å². The summed E-state index contributed by atoms with van der Waals surface area (Å²) in [5.41, 5.74) is 0.602. The fourth-order valence-corrected chi connectivity index (χ4v) is 1.24. The molecule has 0 aliphatic carbocycles. The molecule has 0 saturated carbocycles. The van der Waals surface area contributed by atoms with Crippen molar-refractivity contribution in [3.8, 4) is 0 Å². The first kappa shape index (κ1) is 7.94. The van der Waals surface area contributed by atoms with Crippen LogP contribution >= 0.6 is 0 Å². The molecule has 0 aromatic carbocycles. The van der Waals surface area contributed by atoms with Gasteiger partial charge in [-0.15, -0.1) is 0 Å². The Kier molecular flexibility index (Phi) is 1.83. The van der Waals surface area contributed by atoms with Crippen LogP contribution in [0.2, 0.25) is 0 Å². The Balaban J connectivity index is 2.33. The smallest absolute Gasteiger partial charge is 0.253 e. The molecule has 1 N–H and O–H groups in total. The third-order valence-corrected chi connectivity index (χ3v) is 1.84. The SMILES string of the molecule is O=C1C=CC(O)N1c1cccnc1. The molecule has 0 spiro atoms. The Hall–Kier alpha value is -1.68. The van der Waals surface area contributed by atoms with E-state index in [0.29, 0.717) is 5.69 Å². The zero-order chi connectivity index (χ0) is 9.26. The zero-order valence-electron chi connectivity index (χ0n) is 6.79. The number of hydrogen-bond acceptors (Lipinski definition) is 3. The number of carbonyl (C=O) groups is 1. The van der Waals surface area contributed by atoms with E-state index in [-0.39, 0.29) is 5.91 Å². The van der Waals surface area contributed by atoms with E-state index in [1.807, 2.05) is 0 Å². The van der Waals surface area contributed by atoms with Crippen molar-refractivity contribution < 1.29 is 9.90 Å². The molecular weight excluding hydrogens is 168 g/mol. The molecule has 0 radical (unpaired) electrons. The van der Waals surface area contributed by atoms with Crippen molar-refractivity contribution in [3.05, 3.63) is 36.7 Å². The van der Waals surface area contributed by atoms with Crippen LogP contribution in [0.4, 0.5) is 5.69 Å². The van der Waals surface area contributed by atoms with E-state index in [0.717, 1.165) is 0 Å². The maximum Gasteiger partial charge on any atom is 0.253 e. The van der Waals surface area contributed by atoms with E-state index in [1.165, 1.54) is 23.2 Å². The molecule has 2 rings (SSSR count). The number of aromatic nitrogens is 1. The molecule has 1 aliphatic heterocycles. The molecule has 13 heavy (non-hydrogen) atoms. The number of aliphatic hydroxyl groups is 1. The minimum Gasteiger partial charge on any atom is -0.369 e. The second kappa shape index (κ2) is 2.99. The Bertz CT molecular complexity index is 348. The second-order valence-electron chi connectivity index (χ2n) is 2.69. The average molecular weight is 176 g/mol. The molecule has 0 saturated heterocycles. The normalized spacial score (nSPS) is 21.2. The molecule has 1 aromatic heterocycles. The van der Waals surface area contributed by atoms with Crippen LogP contribution < -0.4 is 4.90 Å². The van der Waals surface area contributed by atoms with Crippen LogP contribution in [0.5, 0.6) is 0 Å². The summed E-state index contributed by atoms with van der Waals surface area (Å²) in [5.74, 6) is -0.222. The van der Waals surface area contributed by atoms with Gasteiger partial charge in [0.25, 0.3) is 5.91 Å². The molecular formula is C9H8N2O2. The van der Waals surface area contributed by atoms with Crippen molar-refractivity contribution in [1.82, 2.24) is 4.98 Å². The number of carbonyl (C=O) groups excluding carboxylic acids is 1. The van der Waals surface area contributed by atoms with E-state index >= 15 is 0 Å². The van der Waals surface area contributed by atoms with Gasteiger partial charge in [0.1, 0.15) is 0 Å². The highest BCUT2D eigenvalue weighted by molar-refractivity contribution is 6.04. The Morgan fingerprint density at radius 2 is 2.38 bits per heavy atom. The minimum atomic E-state index is -0.864. The van der Waals surface area contributed by atoms with Gasteiger partial charge in [-0.25, -0.2) is 0 Å². The van der Waals surface area contributed by atoms with E-state index in [1.54, 1.807) is 18.3 Å². The van der Waals surface area contributed by atoms with Crippen LogP contribution in [0.1, 0.15) is 0 Å². The second-order valence-corrected chi connectivity index (χ2v) is 2.69. The quantitative estimate of drug-likeness (QED) is 0.669. The fraction of sp³-hybridized carbons (Fsp3) is 0.111. The highest BCUT2D eigenvalue weighted by Crippen LogP contribution is 2.19. The third-order valence-electron chi connectivity index (χ3n) is 1.84. The van der Waals surface area contributed by atoms with Gasteiger partial charge in [-0.05, 0) is 18.2 Å². The lowest BCUT2D eigenvalue weighted by atomic mass is 10.4. The Labute approximate surface area is 75.1 Å². The standard InChI is InChI=1S/C9H8N2O2/c12-8-3-4-9(13)11(8)7-2-1-5-10-6-7/h1-6,8,12H. The molecule has 1 aliphatic rings. The van der Waals surface area contributed by atoms with Gasteiger partial charge in [0.15, 0.2) is 6.23 Å². The van der Waals surface area contributed by atoms with Crippen LogP contribution in [-0.2, 0) is 4.79 Å². The lowest BCUT2D eigenvalue weighted by molar-refractivity contribution is -0.114. The number of nitrogens with zero attached hydrogens (tertiary/aromatic N) is 2. The van der Waals surface area contributed by atoms with E-state index in [9.17, 15) is 9.90 Å². The summed E-state index contributed by atoms with van der Waals surface area (Å²) in [6.45, 7) is 0. The van der Waals surface area contributed by atoms with Gasteiger partial charge in [-0.2, -0.15) is 0 Å². The molecule has 1 unspecified atom stereocenters. The molecule has 4 heteroatoms. The predicted octanol–water partition coefficient (Wildman–Crippen LogP) is 0.303. The molecule has 4 nitrogen and oxygen atoms in total. The summed E-state index contributed by atoms with van der Waals surface area (Å²) >= 11 is 0. The molecule has 2 heterocycles. The predicted molar refractivity (Wildman–Crippen MR) is 46.9 cm³/mol. The summed E-state index contributed by atoms with van der Waals surface area (Å²) in [6, 6.07) is 3.44. The topological polar surface area (TPSA) is 53.4 Å². The van der Waals surface area contributed by atoms with Crippen LogP contribution in [0.3, 0.4) is 0 Å². The maximum atomic E-state index is 11.2. The number of amides is 1. The molecule has 0 fully saturated rings. The summed E-state index contributed by atoms with van der Waals surface area (Å²) in [6.07, 6.45) is 5.07. The maximum absolute atomic E-state index is 11.2. The lowest BCUT2D eigenvalue weighted by Crippen LogP contribution is -2.33. The molecule has 1 aromatic rings.